The summed E-state index contributed by atoms with van der Waals surface area (Å²) in [7, 11) is -3.64. The van der Waals surface area contributed by atoms with Crippen LogP contribution in [-0.4, -0.2) is 62.2 Å². The highest BCUT2D eigenvalue weighted by atomic mass is 32.2. The number of hydrogen-bond acceptors (Lipinski definition) is 6. The van der Waals surface area contributed by atoms with Gasteiger partial charge in [0.2, 0.25) is 10.0 Å². The van der Waals surface area contributed by atoms with Crippen molar-refractivity contribution in [2.24, 2.45) is 0 Å². The maximum atomic E-state index is 13.3. The Hall–Kier alpha value is -2.26. The molecule has 3 heterocycles. The molecule has 4 rings (SSSR count). The Morgan fingerprint density at radius 2 is 1.41 bits per heavy atom. The van der Waals surface area contributed by atoms with Gasteiger partial charge in [-0.3, -0.25) is 0 Å². The SMILES string of the molecule is Cc1cc(F)ccc1S(=O)(=O)N1CCN(c2ccc(N3CCCCC3)nn2)CC1. The smallest absolute Gasteiger partial charge is 0.243 e. The van der Waals surface area contributed by atoms with Crippen molar-refractivity contribution < 1.29 is 12.8 Å². The molecule has 0 bridgehead atoms. The van der Waals surface area contributed by atoms with Gasteiger partial charge in [-0.25, -0.2) is 12.8 Å². The molecule has 0 atom stereocenters. The molecule has 1 aromatic heterocycles. The molecule has 0 aliphatic carbocycles. The largest absolute Gasteiger partial charge is 0.355 e. The topological polar surface area (TPSA) is 69.6 Å². The molecule has 29 heavy (non-hydrogen) atoms. The molecule has 2 fully saturated rings. The monoisotopic (exact) mass is 419 g/mol. The van der Waals surface area contributed by atoms with Gasteiger partial charge in [-0.2, -0.15) is 4.31 Å². The molecule has 0 radical (unpaired) electrons. The summed E-state index contributed by atoms with van der Waals surface area (Å²) < 4.78 is 40.7. The van der Waals surface area contributed by atoms with Gasteiger partial charge < -0.3 is 9.80 Å². The fraction of sp³-hybridized carbons (Fsp3) is 0.500. The van der Waals surface area contributed by atoms with Gasteiger partial charge in [0.1, 0.15) is 5.82 Å². The number of aryl methyl sites for hydroxylation is 1. The lowest BCUT2D eigenvalue weighted by Gasteiger charge is -2.35. The second-order valence-corrected chi connectivity index (χ2v) is 9.50. The van der Waals surface area contributed by atoms with E-state index < -0.39 is 15.8 Å². The Bertz CT molecular complexity index is 953. The maximum Gasteiger partial charge on any atom is 0.243 e. The molecule has 2 aromatic rings. The standard InChI is InChI=1S/C20H26FN5O2S/c1-16-15-17(21)5-6-18(16)29(27,28)26-13-11-25(12-14-26)20-8-7-19(22-23-20)24-9-3-2-4-10-24/h5-8,15H,2-4,9-14H2,1H3. The molecule has 0 spiro atoms. The molecule has 7 nitrogen and oxygen atoms in total. The molecular formula is C20H26FN5O2S. The maximum absolute atomic E-state index is 13.3. The van der Waals surface area contributed by atoms with Crippen molar-refractivity contribution in [1.29, 1.82) is 0 Å². The number of aromatic nitrogens is 2. The van der Waals surface area contributed by atoms with E-state index in [0.29, 0.717) is 31.7 Å². The molecule has 2 aliphatic heterocycles. The second-order valence-electron chi connectivity index (χ2n) is 7.60. The first-order chi connectivity index (χ1) is 13.9. The molecule has 156 valence electrons. The van der Waals surface area contributed by atoms with Crippen molar-refractivity contribution >= 4 is 21.7 Å². The van der Waals surface area contributed by atoms with Crippen LogP contribution < -0.4 is 9.80 Å². The van der Waals surface area contributed by atoms with E-state index in [1.807, 2.05) is 12.1 Å². The van der Waals surface area contributed by atoms with Crippen LogP contribution >= 0.6 is 0 Å². The van der Waals surface area contributed by atoms with Crippen LogP contribution in [0.1, 0.15) is 24.8 Å². The van der Waals surface area contributed by atoms with E-state index in [4.69, 9.17) is 0 Å². The molecule has 0 saturated carbocycles. The van der Waals surface area contributed by atoms with Crippen molar-refractivity contribution in [2.45, 2.75) is 31.1 Å². The van der Waals surface area contributed by atoms with Gasteiger partial charge in [0, 0.05) is 39.3 Å². The van der Waals surface area contributed by atoms with Crippen molar-refractivity contribution in [3.63, 3.8) is 0 Å². The van der Waals surface area contributed by atoms with Gasteiger partial charge in [-0.05, 0) is 62.1 Å². The third-order valence-electron chi connectivity index (χ3n) is 5.63. The summed E-state index contributed by atoms with van der Waals surface area (Å²) in [6.07, 6.45) is 3.65. The third kappa shape index (κ3) is 4.20. The van der Waals surface area contributed by atoms with E-state index in [2.05, 4.69) is 20.0 Å². The minimum Gasteiger partial charge on any atom is -0.355 e. The average Bonchev–Trinajstić information content (AvgIpc) is 2.74. The third-order valence-corrected chi connectivity index (χ3v) is 7.69. The number of nitrogens with zero attached hydrogens (tertiary/aromatic N) is 5. The zero-order valence-electron chi connectivity index (χ0n) is 16.6. The van der Waals surface area contributed by atoms with E-state index >= 15 is 0 Å². The number of hydrogen-bond donors (Lipinski definition) is 0. The van der Waals surface area contributed by atoms with Crippen LogP contribution in [0.5, 0.6) is 0 Å². The van der Waals surface area contributed by atoms with E-state index in [-0.39, 0.29) is 4.90 Å². The number of piperidine rings is 1. The molecule has 1 aromatic carbocycles. The zero-order valence-corrected chi connectivity index (χ0v) is 17.4. The molecule has 0 amide bonds. The highest BCUT2D eigenvalue weighted by Crippen LogP contribution is 2.24. The summed E-state index contributed by atoms with van der Waals surface area (Å²) in [5, 5.41) is 8.75. The normalized spacial score (nSPS) is 18.8. The Labute approximate surface area is 171 Å². The number of halogens is 1. The van der Waals surface area contributed by atoms with Crippen molar-refractivity contribution in [1.82, 2.24) is 14.5 Å². The number of rotatable bonds is 4. The van der Waals surface area contributed by atoms with Gasteiger partial charge >= 0.3 is 0 Å². The quantitative estimate of drug-likeness (QED) is 0.758. The van der Waals surface area contributed by atoms with Gasteiger partial charge in [-0.15, -0.1) is 10.2 Å². The van der Waals surface area contributed by atoms with Gasteiger partial charge in [0.25, 0.3) is 0 Å². The minimum atomic E-state index is -3.64. The van der Waals surface area contributed by atoms with Gasteiger partial charge in [0.05, 0.1) is 4.90 Å². The first kappa shape index (κ1) is 20.0. The number of benzene rings is 1. The molecular weight excluding hydrogens is 393 g/mol. The fourth-order valence-corrected chi connectivity index (χ4v) is 5.61. The highest BCUT2D eigenvalue weighted by molar-refractivity contribution is 7.89. The average molecular weight is 420 g/mol. The lowest BCUT2D eigenvalue weighted by atomic mass is 10.1. The summed E-state index contributed by atoms with van der Waals surface area (Å²) in [5.41, 5.74) is 0.423. The Kier molecular flexibility index (Phi) is 5.69. The highest BCUT2D eigenvalue weighted by Gasteiger charge is 2.30. The number of anilines is 2. The molecule has 2 aliphatic rings. The van der Waals surface area contributed by atoms with E-state index in [1.54, 1.807) is 6.92 Å². The fourth-order valence-electron chi connectivity index (χ4n) is 3.98. The summed E-state index contributed by atoms with van der Waals surface area (Å²) in [5.74, 6) is 1.24. The van der Waals surface area contributed by atoms with E-state index in [1.165, 1.54) is 41.8 Å². The van der Waals surface area contributed by atoms with E-state index in [9.17, 15) is 12.8 Å². The number of piperazine rings is 1. The van der Waals surface area contributed by atoms with Crippen LogP contribution in [0.4, 0.5) is 16.0 Å². The van der Waals surface area contributed by atoms with Crippen LogP contribution in [0.2, 0.25) is 0 Å². The summed E-state index contributed by atoms with van der Waals surface area (Å²) in [6, 6.07) is 7.75. The lowest BCUT2D eigenvalue weighted by molar-refractivity contribution is 0.383. The first-order valence-corrected chi connectivity index (χ1v) is 11.5. The van der Waals surface area contributed by atoms with Crippen LogP contribution in [0.3, 0.4) is 0 Å². The zero-order chi connectivity index (χ0) is 20.4. The van der Waals surface area contributed by atoms with E-state index in [0.717, 1.165) is 24.7 Å². The van der Waals surface area contributed by atoms with Crippen molar-refractivity contribution in [2.75, 3.05) is 49.1 Å². The van der Waals surface area contributed by atoms with Crippen LogP contribution in [0.15, 0.2) is 35.2 Å². The van der Waals surface area contributed by atoms with Crippen molar-refractivity contribution in [3.8, 4) is 0 Å². The Morgan fingerprint density at radius 3 is 1.97 bits per heavy atom. The summed E-state index contributed by atoms with van der Waals surface area (Å²) >= 11 is 0. The summed E-state index contributed by atoms with van der Waals surface area (Å²) in [6.45, 7) is 5.45. The second kappa shape index (κ2) is 8.23. The first-order valence-electron chi connectivity index (χ1n) is 10.0. The van der Waals surface area contributed by atoms with Crippen LogP contribution in [-0.2, 0) is 10.0 Å². The number of sulfonamides is 1. The van der Waals surface area contributed by atoms with Gasteiger partial charge in [-0.1, -0.05) is 0 Å². The Balaban J connectivity index is 1.41. The molecule has 0 unspecified atom stereocenters. The van der Waals surface area contributed by atoms with Gasteiger partial charge in [0.15, 0.2) is 11.6 Å². The predicted octanol–water partition coefficient (Wildman–Crippen LogP) is 2.43. The summed E-state index contributed by atoms with van der Waals surface area (Å²) in [4.78, 5) is 4.48. The lowest BCUT2D eigenvalue weighted by Crippen LogP contribution is -2.49. The molecule has 9 heteroatoms. The van der Waals surface area contributed by atoms with Crippen molar-refractivity contribution in [3.05, 3.63) is 41.7 Å². The minimum absolute atomic E-state index is 0.165. The Morgan fingerprint density at radius 1 is 0.828 bits per heavy atom. The molecule has 0 N–H and O–H groups in total. The molecule has 2 saturated heterocycles. The predicted molar refractivity (Wildman–Crippen MR) is 110 cm³/mol. The van der Waals surface area contributed by atoms with Crippen LogP contribution in [0, 0.1) is 12.7 Å². The van der Waals surface area contributed by atoms with Crippen LogP contribution in [0.25, 0.3) is 0 Å².